The SMILES string of the molecule is CCCCOC(=O)c1ccc(N2CC(O)=C(c3nc(-c4ccc(F)cc4)cs3)C2=N)cc1. The summed E-state index contributed by atoms with van der Waals surface area (Å²) in [5, 5.41) is 21.5. The second kappa shape index (κ2) is 9.32. The van der Waals surface area contributed by atoms with Crippen LogP contribution in [0.3, 0.4) is 0 Å². The number of rotatable bonds is 7. The van der Waals surface area contributed by atoms with Gasteiger partial charge >= 0.3 is 5.97 Å². The van der Waals surface area contributed by atoms with Gasteiger partial charge in [-0.05, 0) is 55.0 Å². The Morgan fingerprint density at radius 3 is 2.62 bits per heavy atom. The zero-order valence-corrected chi connectivity index (χ0v) is 18.3. The fraction of sp³-hybridized carbons (Fsp3) is 0.208. The third-order valence-electron chi connectivity index (χ3n) is 5.11. The van der Waals surface area contributed by atoms with Crippen molar-refractivity contribution in [2.45, 2.75) is 19.8 Å². The molecule has 2 aromatic carbocycles. The number of hydrogen-bond donors (Lipinski definition) is 2. The molecular weight excluding hydrogens is 429 g/mol. The predicted molar refractivity (Wildman–Crippen MR) is 124 cm³/mol. The maximum atomic E-state index is 13.2. The summed E-state index contributed by atoms with van der Waals surface area (Å²) in [6.07, 6.45) is 1.77. The number of aromatic nitrogens is 1. The normalized spacial score (nSPS) is 13.7. The molecule has 4 rings (SSSR count). The predicted octanol–water partition coefficient (Wildman–Crippen LogP) is 5.67. The maximum absolute atomic E-state index is 13.2. The van der Waals surface area contributed by atoms with Gasteiger partial charge in [-0.1, -0.05) is 13.3 Å². The smallest absolute Gasteiger partial charge is 0.338 e. The summed E-state index contributed by atoms with van der Waals surface area (Å²) in [5.74, 6) is -0.517. The molecule has 8 heteroatoms. The van der Waals surface area contributed by atoms with E-state index in [-0.39, 0.29) is 29.9 Å². The van der Waals surface area contributed by atoms with Gasteiger partial charge in [-0.3, -0.25) is 5.41 Å². The van der Waals surface area contributed by atoms with Crippen LogP contribution in [0.1, 0.15) is 35.1 Å². The van der Waals surface area contributed by atoms with E-state index in [0.717, 1.165) is 18.4 Å². The van der Waals surface area contributed by atoms with Gasteiger partial charge in [0.2, 0.25) is 0 Å². The fourth-order valence-corrected chi connectivity index (χ4v) is 4.23. The number of benzene rings is 2. The Labute approximate surface area is 189 Å². The molecule has 1 aliphatic heterocycles. The minimum Gasteiger partial charge on any atom is -0.510 e. The Morgan fingerprint density at radius 1 is 1.22 bits per heavy atom. The Balaban J connectivity index is 1.49. The molecule has 0 aliphatic carbocycles. The highest BCUT2D eigenvalue weighted by atomic mass is 32.1. The number of ether oxygens (including phenoxy) is 1. The number of unbranched alkanes of at least 4 members (excludes halogenated alkanes) is 1. The number of carbonyl (C=O) groups is 1. The minimum atomic E-state index is -0.376. The third kappa shape index (κ3) is 4.40. The molecule has 32 heavy (non-hydrogen) atoms. The topological polar surface area (TPSA) is 86.5 Å². The Kier molecular flexibility index (Phi) is 6.32. The van der Waals surface area contributed by atoms with E-state index in [2.05, 4.69) is 4.98 Å². The number of anilines is 1. The summed E-state index contributed by atoms with van der Waals surface area (Å²) < 4.78 is 18.4. The second-order valence-electron chi connectivity index (χ2n) is 7.34. The summed E-state index contributed by atoms with van der Waals surface area (Å²) >= 11 is 1.31. The Hall–Kier alpha value is -3.52. The molecule has 3 aromatic rings. The van der Waals surface area contributed by atoms with Crippen molar-refractivity contribution < 1.29 is 19.0 Å². The molecule has 164 valence electrons. The van der Waals surface area contributed by atoms with Crippen molar-refractivity contribution in [1.29, 1.82) is 5.41 Å². The van der Waals surface area contributed by atoms with Crippen LogP contribution in [0, 0.1) is 11.2 Å². The molecule has 0 atom stereocenters. The molecule has 0 spiro atoms. The molecule has 2 N–H and O–H groups in total. The lowest BCUT2D eigenvalue weighted by Crippen LogP contribution is -2.26. The van der Waals surface area contributed by atoms with Crippen LogP contribution in [-0.4, -0.2) is 35.0 Å². The molecule has 0 fully saturated rings. The zero-order chi connectivity index (χ0) is 22.7. The van der Waals surface area contributed by atoms with Crippen LogP contribution in [-0.2, 0) is 4.74 Å². The highest BCUT2D eigenvalue weighted by Crippen LogP contribution is 2.34. The minimum absolute atomic E-state index is 0.0538. The molecular formula is C24H22FN3O3S. The number of aliphatic hydroxyl groups excluding tert-OH is 1. The van der Waals surface area contributed by atoms with E-state index in [1.165, 1.54) is 23.5 Å². The number of carbonyl (C=O) groups excluding carboxylic acids is 1. The fourth-order valence-electron chi connectivity index (χ4n) is 3.34. The van der Waals surface area contributed by atoms with Gasteiger partial charge in [0.05, 0.1) is 30.0 Å². The Morgan fingerprint density at radius 2 is 1.94 bits per heavy atom. The van der Waals surface area contributed by atoms with Crippen LogP contribution < -0.4 is 4.90 Å². The number of nitrogens with zero attached hydrogens (tertiary/aromatic N) is 2. The Bertz CT molecular complexity index is 1170. The molecule has 0 radical (unpaired) electrons. The van der Waals surface area contributed by atoms with E-state index < -0.39 is 0 Å². The molecule has 1 aromatic heterocycles. The molecule has 0 amide bonds. The van der Waals surface area contributed by atoms with Gasteiger partial charge in [-0.25, -0.2) is 14.2 Å². The maximum Gasteiger partial charge on any atom is 0.338 e. The van der Waals surface area contributed by atoms with Gasteiger partial charge in [0.25, 0.3) is 0 Å². The third-order valence-corrected chi connectivity index (χ3v) is 5.97. The zero-order valence-electron chi connectivity index (χ0n) is 17.5. The summed E-state index contributed by atoms with van der Waals surface area (Å²) in [6, 6.07) is 12.8. The number of halogens is 1. The van der Waals surface area contributed by atoms with Gasteiger partial charge in [0.1, 0.15) is 22.4 Å². The van der Waals surface area contributed by atoms with Gasteiger partial charge in [-0.15, -0.1) is 11.3 Å². The van der Waals surface area contributed by atoms with Crippen molar-refractivity contribution in [2.75, 3.05) is 18.1 Å². The lowest BCUT2D eigenvalue weighted by atomic mass is 10.1. The number of amidine groups is 1. The van der Waals surface area contributed by atoms with Gasteiger partial charge in [0, 0.05) is 16.6 Å². The van der Waals surface area contributed by atoms with Crippen LogP contribution in [0.5, 0.6) is 0 Å². The van der Waals surface area contributed by atoms with E-state index >= 15 is 0 Å². The van der Waals surface area contributed by atoms with Crippen molar-refractivity contribution in [3.8, 4) is 11.3 Å². The number of aliphatic hydroxyl groups is 1. The molecule has 0 saturated carbocycles. The standard InChI is InChI=1S/C24H22FN3O3S/c1-2-3-12-31-24(30)16-6-10-18(11-7-16)28-13-20(29)21(22(28)26)23-27-19(14-32-23)15-4-8-17(25)9-5-15/h4-11,14,26,29H,2-3,12-13H2,1H3. The van der Waals surface area contributed by atoms with Crippen molar-refractivity contribution in [2.24, 2.45) is 0 Å². The van der Waals surface area contributed by atoms with Crippen molar-refractivity contribution in [3.05, 3.63) is 76.1 Å². The highest BCUT2D eigenvalue weighted by molar-refractivity contribution is 7.11. The summed E-state index contributed by atoms with van der Waals surface area (Å²) in [5.41, 5.74) is 2.90. The molecule has 1 aliphatic rings. The van der Waals surface area contributed by atoms with Crippen LogP contribution in [0.25, 0.3) is 16.8 Å². The van der Waals surface area contributed by atoms with E-state index in [4.69, 9.17) is 10.1 Å². The number of hydrogen-bond acceptors (Lipinski definition) is 6. The lowest BCUT2D eigenvalue weighted by Gasteiger charge is -2.18. The van der Waals surface area contributed by atoms with Gasteiger partial charge in [0.15, 0.2) is 0 Å². The van der Waals surface area contributed by atoms with E-state index in [1.807, 2.05) is 12.3 Å². The number of nitrogens with one attached hydrogen (secondary N) is 1. The van der Waals surface area contributed by atoms with E-state index in [0.29, 0.717) is 34.1 Å². The van der Waals surface area contributed by atoms with Crippen LogP contribution in [0.2, 0.25) is 0 Å². The van der Waals surface area contributed by atoms with E-state index in [9.17, 15) is 14.3 Å². The molecule has 6 nitrogen and oxygen atoms in total. The first kappa shape index (κ1) is 21.7. The summed E-state index contributed by atoms with van der Waals surface area (Å²) in [7, 11) is 0. The average molecular weight is 452 g/mol. The average Bonchev–Trinajstić information content (AvgIpc) is 3.38. The van der Waals surface area contributed by atoms with E-state index in [1.54, 1.807) is 41.3 Å². The van der Waals surface area contributed by atoms with Crippen LogP contribution in [0.15, 0.2) is 59.7 Å². The van der Waals surface area contributed by atoms with Crippen molar-refractivity contribution >= 4 is 34.4 Å². The second-order valence-corrected chi connectivity index (χ2v) is 8.20. The first-order chi connectivity index (χ1) is 15.5. The molecule has 0 saturated heterocycles. The largest absolute Gasteiger partial charge is 0.510 e. The molecule has 0 bridgehead atoms. The van der Waals surface area contributed by atoms with Gasteiger partial charge < -0.3 is 14.7 Å². The van der Waals surface area contributed by atoms with Crippen molar-refractivity contribution in [1.82, 2.24) is 4.98 Å². The van der Waals surface area contributed by atoms with Crippen LogP contribution in [0.4, 0.5) is 10.1 Å². The van der Waals surface area contributed by atoms with Crippen molar-refractivity contribution in [3.63, 3.8) is 0 Å². The van der Waals surface area contributed by atoms with Gasteiger partial charge in [-0.2, -0.15) is 0 Å². The first-order valence-electron chi connectivity index (χ1n) is 10.3. The lowest BCUT2D eigenvalue weighted by molar-refractivity contribution is 0.0499. The number of esters is 1. The summed E-state index contributed by atoms with van der Waals surface area (Å²) in [4.78, 5) is 18.3. The number of thiazole rings is 1. The molecule has 2 heterocycles. The quantitative estimate of drug-likeness (QED) is 0.357. The monoisotopic (exact) mass is 451 g/mol. The molecule has 0 unspecified atom stereocenters. The summed E-state index contributed by atoms with van der Waals surface area (Å²) in [6.45, 7) is 2.56. The highest BCUT2D eigenvalue weighted by Gasteiger charge is 2.31. The van der Waals surface area contributed by atoms with Crippen LogP contribution >= 0.6 is 11.3 Å². The first-order valence-corrected chi connectivity index (χ1v) is 11.1.